The fourth-order valence-corrected chi connectivity index (χ4v) is 3.55. The third-order valence-corrected chi connectivity index (χ3v) is 4.80. The van der Waals surface area contributed by atoms with E-state index in [9.17, 15) is 9.59 Å². The summed E-state index contributed by atoms with van der Waals surface area (Å²) in [5.41, 5.74) is 0. The molecule has 1 saturated heterocycles. The standard InChI is InChI=1S/C14H22N2O3/c17-13(11-2-1-3-12(11)14(18)19)15-9-6-7-16(8-9)10-4-5-10/h9-12H,1-8H2,(H,15,17)(H,18,19). The lowest BCUT2D eigenvalue weighted by Gasteiger charge is -2.20. The second kappa shape index (κ2) is 5.12. The van der Waals surface area contributed by atoms with E-state index in [1.807, 2.05) is 0 Å². The zero-order valence-corrected chi connectivity index (χ0v) is 11.2. The van der Waals surface area contributed by atoms with Crippen molar-refractivity contribution in [3.05, 3.63) is 0 Å². The Morgan fingerprint density at radius 3 is 2.47 bits per heavy atom. The van der Waals surface area contributed by atoms with Crippen LogP contribution < -0.4 is 5.32 Å². The van der Waals surface area contributed by atoms with Gasteiger partial charge in [-0.05, 0) is 32.1 Å². The number of amides is 1. The molecule has 0 spiro atoms. The minimum absolute atomic E-state index is 0.0347. The maximum absolute atomic E-state index is 12.2. The van der Waals surface area contributed by atoms with Gasteiger partial charge in [-0.25, -0.2) is 0 Å². The molecule has 1 aliphatic heterocycles. The molecule has 19 heavy (non-hydrogen) atoms. The van der Waals surface area contributed by atoms with Gasteiger partial charge in [0.1, 0.15) is 0 Å². The third kappa shape index (κ3) is 2.76. The van der Waals surface area contributed by atoms with Gasteiger partial charge in [0.2, 0.25) is 5.91 Å². The summed E-state index contributed by atoms with van der Waals surface area (Å²) in [6.07, 6.45) is 5.82. The normalized spacial score (nSPS) is 35.5. The Morgan fingerprint density at radius 1 is 1.05 bits per heavy atom. The average Bonchev–Trinajstić information content (AvgIpc) is 2.92. The molecule has 5 heteroatoms. The number of carboxylic acid groups (broad SMARTS) is 1. The molecule has 3 fully saturated rings. The molecule has 0 radical (unpaired) electrons. The first-order valence-electron chi connectivity index (χ1n) is 7.42. The van der Waals surface area contributed by atoms with Gasteiger partial charge in [-0.1, -0.05) is 6.42 Å². The highest BCUT2D eigenvalue weighted by atomic mass is 16.4. The first-order chi connectivity index (χ1) is 9.15. The number of hydrogen-bond donors (Lipinski definition) is 2. The minimum atomic E-state index is -0.816. The van der Waals surface area contributed by atoms with E-state index in [1.54, 1.807) is 0 Å². The number of hydrogen-bond acceptors (Lipinski definition) is 3. The number of carbonyl (C=O) groups excluding carboxylic acids is 1. The summed E-state index contributed by atoms with van der Waals surface area (Å²) in [7, 11) is 0. The van der Waals surface area contributed by atoms with E-state index in [0.29, 0.717) is 6.42 Å². The van der Waals surface area contributed by atoms with Crippen molar-refractivity contribution < 1.29 is 14.7 Å². The van der Waals surface area contributed by atoms with Crippen LogP contribution in [0.25, 0.3) is 0 Å². The zero-order valence-electron chi connectivity index (χ0n) is 11.2. The number of likely N-dealkylation sites (tertiary alicyclic amines) is 1. The van der Waals surface area contributed by atoms with Crippen molar-refractivity contribution in [2.24, 2.45) is 11.8 Å². The van der Waals surface area contributed by atoms with Gasteiger partial charge in [0.25, 0.3) is 0 Å². The Bertz CT molecular complexity index is 381. The molecule has 0 aromatic rings. The number of carbonyl (C=O) groups is 2. The number of nitrogens with zero attached hydrogens (tertiary/aromatic N) is 1. The Morgan fingerprint density at radius 2 is 1.79 bits per heavy atom. The minimum Gasteiger partial charge on any atom is -0.481 e. The van der Waals surface area contributed by atoms with Gasteiger partial charge in [0.05, 0.1) is 11.8 Å². The quantitative estimate of drug-likeness (QED) is 0.791. The summed E-state index contributed by atoms with van der Waals surface area (Å²) in [6, 6.07) is 0.975. The highest BCUT2D eigenvalue weighted by molar-refractivity contribution is 5.85. The van der Waals surface area contributed by atoms with Crippen molar-refractivity contribution >= 4 is 11.9 Å². The fraction of sp³-hybridized carbons (Fsp3) is 0.857. The van der Waals surface area contributed by atoms with Gasteiger partial charge in [0.15, 0.2) is 0 Å². The van der Waals surface area contributed by atoms with Crippen molar-refractivity contribution in [2.75, 3.05) is 13.1 Å². The zero-order chi connectivity index (χ0) is 13.4. The van der Waals surface area contributed by atoms with E-state index < -0.39 is 11.9 Å². The van der Waals surface area contributed by atoms with Gasteiger partial charge >= 0.3 is 5.97 Å². The maximum Gasteiger partial charge on any atom is 0.307 e. The van der Waals surface area contributed by atoms with Crippen molar-refractivity contribution in [3.8, 4) is 0 Å². The van der Waals surface area contributed by atoms with E-state index in [4.69, 9.17) is 5.11 Å². The monoisotopic (exact) mass is 266 g/mol. The van der Waals surface area contributed by atoms with Crippen LogP contribution in [0.3, 0.4) is 0 Å². The molecule has 3 aliphatic rings. The molecule has 3 unspecified atom stereocenters. The SMILES string of the molecule is O=C(O)C1CCCC1C(=O)NC1CCN(C2CC2)C1. The van der Waals surface area contributed by atoms with Crippen LogP contribution in [0.2, 0.25) is 0 Å². The Kier molecular flexibility index (Phi) is 3.48. The van der Waals surface area contributed by atoms with Crippen LogP contribution in [0.5, 0.6) is 0 Å². The van der Waals surface area contributed by atoms with E-state index in [1.165, 1.54) is 12.8 Å². The molecule has 1 amide bonds. The van der Waals surface area contributed by atoms with E-state index in [2.05, 4.69) is 10.2 Å². The van der Waals surface area contributed by atoms with Crippen molar-refractivity contribution in [1.29, 1.82) is 0 Å². The van der Waals surface area contributed by atoms with Crippen molar-refractivity contribution in [1.82, 2.24) is 10.2 Å². The van der Waals surface area contributed by atoms with Crippen LogP contribution in [-0.4, -0.2) is 47.1 Å². The predicted molar refractivity (Wildman–Crippen MR) is 69.6 cm³/mol. The Balaban J connectivity index is 1.52. The molecule has 106 valence electrons. The molecule has 2 N–H and O–H groups in total. The summed E-state index contributed by atoms with van der Waals surface area (Å²) in [5, 5.41) is 12.2. The van der Waals surface area contributed by atoms with Gasteiger partial charge in [0, 0.05) is 25.2 Å². The summed E-state index contributed by atoms with van der Waals surface area (Å²) >= 11 is 0. The summed E-state index contributed by atoms with van der Waals surface area (Å²) in [4.78, 5) is 25.8. The van der Waals surface area contributed by atoms with Gasteiger partial charge in [-0.3, -0.25) is 14.5 Å². The third-order valence-electron chi connectivity index (χ3n) is 4.80. The first-order valence-corrected chi connectivity index (χ1v) is 7.42. The van der Waals surface area contributed by atoms with Gasteiger partial charge < -0.3 is 10.4 Å². The fourth-order valence-electron chi connectivity index (χ4n) is 3.55. The molecule has 0 aromatic heterocycles. The molecule has 0 aromatic carbocycles. The van der Waals surface area contributed by atoms with Crippen LogP contribution in [-0.2, 0) is 9.59 Å². The van der Waals surface area contributed by atoms with Crippen molar-refractivity contribution in [3.63, 3.8) is 0 Å². The van der Waals surface area contributed by atoms with Crippen LogP contribution in [0.1, 0.15) is 38.5 Å². The molecule has 2 saturated carbocycles. The topological polar surface area (TPSA) is 69.6 Å². The molecule has 3 rings (SSSR count). The van der Waals surface area contributed by atoms with Crippen LogP contribution in [0, 0.1) is 11.8 Å². The summed E-state index contributed by atoms with van der Waals surface area (Å²) in [5.74, 6) is -1.63. The van der Waals surface area contributed by atoms with Gasteiger partial charge in [-0.15, -0.1) is 0 Å². The van der Waals surface area contributed by atoms with E-state index in [0.717, 1.165) is 38.4 Å². The second-order valence-electron chi connectivity index (χ2n) is 6.20. The molecular weight excluding hydrogens is 244 g/mol. The summed E-state index contributed by atoms with van der Waals surface area (Å²) in [6.45, 7) is 2.02. The Hall–Kier alpha value is -1.10. The highest BCUT2D eigenvalue weighted by Crippen LogP contribution is 2.33. The first kappa shape index (κ1) is 12.9. The van der Waals surface area contributed by atoms with Gasteiger partial charge in [-0.2, -0.15) is 0 Å². The molecule has 0 bridgehead atoms. The lowest BCUT2D eigenvalue weighted by molar-refractivity contribution is -0.146. The average molecular weight is 266 g/mol. The molecule has 2 aliphatic carbocycles. The number of rotatable bonds is 4. The molecule has 1 heterocycles. The Labute approximate surface area is 113 Å². The van der Waals surface area contributed by atoms with Crippen molar-refractivity contribution in [2.45, 2.75) is 50.6 Å². The molecule has 5 nitrogen and oxygen atoms in total. The predicted octanol–water partition coefficient (Wildman–Crippen LogP) is 0.840. The number of aliphatic carboxylic acids is 1. The largest absolute Gasteiger partial charge is 0.481 e. The molecular formula is C14H22N2O3. The maximum atomic E-state index is 12.2. The highest BCUT2D eigenvalue weighted by Gasteiger charge is 2.40. The molecule has 3 atom stereocenters. The van der Waals surface area contributed by atoms with Crippen LogP contribution in [0.15, 0.2) is 0 Å². The second-order valence-corrected chi connectivity index (χ2v) is 6.20. The smallest absolute Gasteiger partial charge is 0.307 e. The lowest BCUT2D eigenvalue weighted by Crippen LogP contribution is -2.42. The number of nitrogens with one attached hydrogen (secondary N) is 1. The van der Waals surface area contributed by atoms with E-state index >= 15 is 0 Å². The van der Waals surface area contributed by atoms with E-state index in [-0.39, 0.29) is 17.9 Å². The van der Waals surface area contributed by atoms with Crippen LogP contribution in [0.4, 0.5) is 0 Å². The summed E-state index contributed by atoms with van der Waals surface area (Å²) < 4.78 is 0. The number of carboxylic acids is 1. The lowest BCUT2D eigenvalue weighted by atomic mass is 9.95. The van der Waals surface area contributed by atoms with Crippen LogP contribution >= 0.6 is 0 Å².